The number of allylic oxidation sites excluding steroid dienone is 13. The standard InChI is InChI=1S/C42H55FO6/c1-26(14-16-32-28(3)13-10-19-38(32,5)6)11-9-12-27(2)21-37(47)49-25-36(46)42(48)29(4)22-34-33-17-15-30-23-31(44)18-20-39(30,7)41(33,43)35(45)24-40(34,42)8/h9,11-12,14,16,18,20-21,23,29,33-35,45,48H,10,13,15,17,19,22,24-25H2,1-8H3/t29-,33-,34-,35-,39-,40-,41-,42-/m0/s1. The Balaban J connectivity index is 1.24. The predicted molar refractivity (Wildman–Crippen MR) is 190 cm³/mol. The number of hydrogen-bond donors (Lipinski definition) is 2. The van der Waals surface area contributed by atoms with Crippen LogP contribution in [0.25, 0.3) is 0 Å². The van der Waals surface area contributed by atoms with Crippen LogP contribution >= 0.6 is 0 Å². The van der Waals surface area contributed by atoms with Crippen molar-refractivity contribution in [1.82, 2.24) is 0 Å². The van der Waals surface area contributed by atoms with Crippen LogP contribution in [0.4, 0.5) is 4.39 Å². The van der Waals surface area contributed by atoms with Crippen LogP contribution in [-0.4, -0.2) is 51.7 Å². The highest BCUT2D eigenvalue weighted by molar-refractivity contribution is 6.01. The summed E-state index contributed by atoms with van der Waals surface area (Å²) in [5.41, 5.74) is -0.833. The number of halogens is 1. The van der Waals surface area contributed by atoms with Crippen molar-refractivity contribution in [3.63, 3.8) is 0 Å². The fourth-order valence-corrected chi connectivity index (χ4v) is 10.3. The molecule has 0 aromatic rings. The molecule has 0 aliphatic heterocycles. The number of Topliss-reactive ketones (excluding diaryl/α,β-unsaturated/α-hetero) is 1. The summed E-state index contributed by atoms with van der Waals surface area (Å²) in [5, 5.41) is 23.7. The topological polar surface area (TPSA) is 101 Å². The lowest BCUT2D eigenvalue weighted by Gasteiger charge is -2.62. The molecule has 0 radical (unpaired) electrons. The van der Waals surface area contributed by atoms with Crippen LogP contribution in [0.3, 0.4) is 0 Å². The van der Waals surface area contributed by atoms with Gasteiger partial charge in [0.2, 0.25) is 5.78 Å². The zero-order chi connectivity index (χ0) is 36.2. The third-order valence-corrected chi connectivity index (χ3v) is 13.1. The summed E-state index contributed by atoms with van der Waals surface area (Å²) in [6.07, 6.45) is 19.0. The molecule has 0 saturated heterocycles. The van der Waals surface area contributed by atoms with Gasteiger partial charge in [0.15, 0.2) is 18.1 Å². The van der Waals surface area contributed by atoms with Gasteiger partial charge in [-0.3, -0.25) is 9.59 Å². The van der Waals surface area contributed by atoms with Crippen molar-refractivity contribution in [1.29, 1.82) is 0 Å². The van der Waals surface area contributed by atoms with Gasteiger partial charge in [-0.15, -0.1) is 0 Å². The van der Waals surface area contributed by atoms with Crippen molar-refractivity contribution < 1.29 is 33.7 Å². The molecule has 8 atom stereocenters. The monoisotopic (exact) mass is 674 g/mol. The molecule has 0 heterocycles. The molecule has 266 valence electrons. The minimum Gasteiger partial charge on any atom is -0.454 e. The van der Waals surface area contributed by atoms with Gasteiger partial charge >= 0.3 is 5.97 Å². The Hall–Kier alpha value is -3.16. The van der Waals surface area contributed by atoms with Gasteiger partial charge in [-0.2, -0.15) is 0 Å². The minimum atomic E-state index is -2.05. The van der Waals surface area contributed by atoms with Crippen molar-refractivity contribution >= 4 is 17.5 Å². The number of hydrogen-bond acceptors (Lipinski definition) is 6. The van der Waals surface area contributed by atoms with E-state index in [2.05, 4.69) is 32.9 Å². The highest BCUT2D eigenvalue weighted by Gasteiger charge is 2.75. The highest BCUT2D eigenvalue weighted by atomic mass is 19.1. The highest BCUT2D eigenvalue weighted by Crippen LogP contribution is 2.70. The Morgan fingerprint density at radius 3 is 2.49 bits per heavy atom. The lowest BCUT2D eigenvalue weighted by atomic mass is 9.44. The predicted octanol–water partition coefficient (Wildman–Crippen LogP) is 7.98. The van der Waals surface area contributed by atoms with Gasteiger partial charge in [-0.05, 0) is 113 Å². The number of esters is 1. The van der Waals surface area contributed by atoms with E-state index in [-0.39, 0.29) is 17.6 Å². The van der Waals surface area contributed by atoms with Crippen molar-refractivity contribution in [2.45, 2.75) is 118 Å². The third kappa shape index (κ3) is 6.13. The maximum absolute atomic E-state index is 17.4. The van der Waals surface area contributed by atoms with Crippen LogP contribution in [0.5, 0.6) is 0 Å². The maximum Gasteiger partial charge on any atom is 0.331 e. The van der Waals surface area contributed by atoms with Crippen molar-refractivity contribution in [3.05, 3.63) is 82.5 Å². The first-order valence-corrected chi connectivity index (χ1v) is 18.0. The largest absolute Gasteiger partial charge is 0.454 e. The molecule has 2 N–H and O–H groups in total. The second kappa shape index (κ2) is 13.2. The summed E-state index contributed by atoms with van der Waals surface area (Å²) in [4.78, 5) is 38.6. The number of ether oxygens (including phenoxy) is 1. The van der Waals surface area contributed by atoms with Crippen LogP contribution in [-0.2, 0) is 19.1 Å². The smallest absolute Gasteiger partial charge is 0.331 e. The first-order chi connectivity index (χ1) is 22.8. The van der Waals surface area contributed by atoms with E-state index in [1.165, 1.54) is 42.2 Å². The van der Waals surface area contributed by atoms with E-state index in [1.807, 2.05) is 19.1 Å². The van der Waals surface area contributed by atoms with Gasteiger partial charge in [-0.25, -0.2) is 9.18 Å². The number of fused-ring (bicyclic) bond motifs is 5. The van der Waals surface area contributed by atoms with E-state index >= 15 is 4.39 Å². The van der Waals surface area contributed by atoms with Crippen molar-refractivity contribution in [2.75, 3.05) is 6.61 Å². The normalized spacial score (nSPS) is 39.2. The minimum absolute atomic E-state index is 0.128. The lowest BCUT2D eigenvalue weighted by Crippen LogP contribution is -2.69. The number of aliphatic hydroxyl groups excluding tert-OH is 1. The SMILES string of the molecule is CC(C=CC1=C(C)CCCC1(C)C)=CC=CC(C)=CC(=O)OCC(=O)[C@@]1(O)[C@@H](C)C[C@H]2[C@@H]3CCC4=CC(=O)C=C[C@]4(C)[C@@]3(F)[C@@H](O)C[C@@]21C. The molecule has 0 aromatic heterocycles. The van der Waals surface area contributed by atoms with Gasteiger partial charge < -0.3 is 14.9 Å². The third-order valence-electron chi connectivity index (χ3n) is 13.1. The molecule has 0 amide bonds. The summed E-state index contributed by atoms with van der Waals surface area (Å²) >= 11 is 0. The molecule has 0 unspecified atom stereocenters. The van der Waals surface area contributed by atoms with Gasteiger partial charge in [0, 0.05) is 22.8 Å². The Morgan fingerprint density at radius 2 is 1.80 bits per heavy atom. The molecule has 5 aliphatic rings. The van der Waals surface area contributed by atoms with E-state index in [0.717, 1.165) is 12.0 Å². The number of aliphatic hydroxyl groups is 2. The Bertz CT molecular complexity index is 1620. The van der Waals surface area contributed by atoms with Crippen LogP contribution < -0.4 is 0 Å². The van der Waals surface area contributed by atoms with Crippen molar-refractivity contribution in [3.8, 4) is 0 Å². The molecule has 0 bridgehead atoms. The summed E-state index contributed by atoms with van der Waals surface area (Å²) in [6.45, 7) is 15.3. The molecule has 3 fully saturated rings. The van der Waals surface area contributed by atoms with E-state index in [0.29, 0.717) is 30.4 Å². The zero-order valence-electron chi connectivity index (χ0n) is 30.6. The zero-order valence-corrected chi connectivity index (χ0v) is 30.6. The molecule has 5 rings (SSSR count). The number of rotatable bonds is 8. The molecular weight excluding hydrogens is 619 g/mol. The average Bonchev–Trinajstić information content (AvgIpc) is 3.21. The summed E-state index contributed by atoms with van der Waals surface area (Å²) in [6, 6.07) is 0. The molecule has 6 nitrogen and oxygen atoms in total. The number of alkyl halides is 1. The van der Waals surface area contributed by atoms with Crippen molar-refractivity contribution in [2.24, 2.45) is 34.0 Å². The molecule has 5 aliphatic carbocycles. The molecule has 0 aromatic carbocycles. The second-order valence-corrected chi connectivity index (χ2v) is 16.6. The molecular formula is C42H55FO6. The molecule has 49 heavy (non-hydrogen) atoms. The Kier molecular flexibility index (Phi) is 9.99. The summed E-state index contributed by atoms with van der Waals surface area (Å²) in [5.74, 6) is -3.07. The first-order valence-electron chi connectivity index (χ1n) is 18.0. The maximum atomic E-state index is 17.4. The summed E-state index contributed by atoms with van der Waals surface area (Å²) < 4.78 is 22.8. The number of carbonyl (C=O) groups excluding carboxylic acids is 3. The molecule has 7 heteroatoms. The van der Waals surface area contributed by atoms with Gasteiger partial charge in [-0.1, -0.05) is 80.9 Å². The molecule has 0 spiro atoms. The molecule has 3 saturated carbocycles. The Labute approximate surface area is 291 Å². The van der Waals surface area contributed by atoms with E-state index in [1.54, 1.807) is 39.8 Å². The fourth-order valence-electron chi connectivity index (χ4n) is 10.3. The quantitative estimate of drug-likeness (QED) is 0.154. The van der Waals surface area contributed by atoms with E-state index in [9.17, 15) is 24.6 Å². The first kappa shape index (κ1) is 37.1. The fraction of sp³-hybridized carbons (Fsp3) is 0.595. The van der Waals surface area contributed by atoms with E-state index < -0.39 is 64.3 Å². The average molecular weight is 675 g/mol. The van der Waals surface area contributed by atoms with E-state index in [4.69, 9.17) is 4.74 Å². The number of carbonyl (C=O) groups is 3. The van der Waals surface area contributed by atoms with Gasteiger partial charge in [0.05, 0.1) is 6.10 Å². The summed E-state index contributed by atoms with van der Waals surface area (Å²) in [7, 11) is 0. The lowest BCUT2D eigenvalue weighted by molar-refractivity contribution is -0.219. The van der Waals surface area contributed by atoms with Gasteiger partial charge in [0.25, 0.3) is 0 Å². The van der Waals surface area contributed by atoms with Gasteiger partial charge in [0.1, 0.15) is 5.60 Å². The Morgan fingerprint density at radius 1 is 1.08 bits per heavy atom. The van der Waals surface area contributed by atoms with Crippen LogP contribution in [0.2, 0.25) is 0 Å². The van der Waals surface area contributed by atoms with Crippen LogP contribution in [0, 0.1) is 34.0 Å². The number of ketones is 2. The second-order valence-electron chi connectivity index (χ2n) is 16.6. The van der Waals surface area contributed by atoms with Crippen LogP contribution in [0.15, 0.2) is 82.5 Å². The van der Waals surface area contributed by atoms with Crippen LogP contribution in [0.1, 0.15) is 100 Å².